The monoisotopic (exact) mass is 698 g/mol. The van der Waals surface area contributed by atoms with Crippen LogP contribution < -0.4 is 10.6 Å². The molecule has 2 aliphatic carbocycles. The first-order chi connectivity index (χ1) is 24.5. The zero-order valence-electron chi connectivity index (χ0n) is 30.9. The number of pyridine rings is 1. The molecule has 9 nitrogen and oxygen atoms in total. The summed E-state index contributed by atoms with van der Waals surface area (Å²) in [5.74, 6) is 1.77. The number of nitrogens with one attached hydrogen (secondary N) is 2. The number of carbonyl (C=O) groups excluding carboxylic acids is 4. The number of fused-ring (bicyclic) bond motifs is 1. The van der Waals surface area contributed by atoms with Crippen LogP contribution >= 0.6 is 0 Å². The molecule has 2 aliphatic rings. The SMILES string of the molecule is C#CC[C@H](NC(=O)C(CC(=O)N(C)CCc1cc2c(cn1)C(=O)CCC2)Cc1ccccc1)C(=O)NC(CC1CCCCC1)[C@@H](O)CCC(C)C. The average Bonchev–Trinajstić information content (AvgIpc) is 3.12. The van der Waals surface area contributed by atoms with Gasteiger partial charge < -0.3 is 20.6 Å². The van der Waals surface area contributed by atoms with Crippen molar-refractivity contribution in [3.8, 4) is 12.3 Å². The van der Waals surface area contributed by atoms with Gasteiger partial charge in [0.05, 0.1) is 18.1 Å². The highest BCUT2D eigenvalue weighted by Gasteiger charge is 2.32. The zero-order valence-corrected chi connectivity index (χ0v) is 30.9. The van der Waals surface area contributed by atoms with Crippen LogP contribution in [-0.2, 0) is 33.6 Å². The molecule has 276 valence electrons. The predicted octanol–water partition coefficient (Wildman–Crippen LogP) is 5.61. The number of hydrogen-bond donors (Lipinski definition) is 3. The Morgan fingerprint density at radius 2 is 1.76 bits per heavy atom. The van der Waals surface area contributed by atoms with E-state index in [-0.39, 0.29) is 24.5 Å². The number of aromatic nitrogens is 1. The number of terminal acetylenes is 1. The minimum Gasteiger partial charge on any atom is -0.391 e. The molecule has 1 saturated carbocycles. The number of rotatable bonds is 18. The quantitative estimate of drug-likeness (QED) is 0.174. The molecule has 9 heteroatoms. The molecule has 0 spiro atoms. The maximum atomic E-state index is 13.9. The molecule has 1 fully saturated rings. The van der Waals surface area contributed by atoms with Crippen LogP contribution in [0.15, 0.2) is 42.6 Å². The highest BCUT2D eigenvalue weighted by Crippen LogP contribution is 2.29. The number of Topliss-reactive ketones (excluding diaryl/α,β-unsaturated/α-hetero) is 1. The zero-order chi connectivity index (χ0) is 36.8. The number of nitrogens with zero attached hydrogens (tertiary/aromatic N) is 2. The van der Waals surface area contributed by atoms with Gasteiger partial charge in [0.15, 0.2) is 5.78 Å². The first kappa shape index (κ1) is 39.8. The van der Waals surface area contributed by atoms with Gasteiger partial charge in [-0.15, -0.1) is 12.3 Å². The molecule has 2 unspecified atom stereocenters. The van der Waals surface area contributed by atoms with Crippen LogP contribution in [0.3, 0.4) is 0 Å². The Kier molecular flexibility index (Phi) is 15.7. The summed E-state index contributed by atoms with van der Waals surface area (Å²) in [5, 5.41) is 17.2. The molecule has 1 aromatic carbocycles. The number of carbonyl (C=O) groups is 4. The smallest absolute Gasteiger partial charge is 0.243 e. The number of ketones is 1. The molecule has 4 atom stereocenters. The molecular weight excluding hydrogens is 640 g/mol. The Hall–Kier alpha value is -4.03. The van der Waals surface area contributed by atoms with Gasteiger partial charge in [-0.1, -0.05) is 76.3 Å². The summed E-state index contributed by atoms with van der Waals surface area (Å²) < 4.78 is 0. The number of aryl methyl sites for hydroxylation is 1. The predicted molar refractivity (Wildman–Crippen MR) is 200 cm³/mol. The van der Waals surface area contributed by atoms with Gasteiger partial charge in [0, 0.05) is 56.7 Å². The number of hydrogen-bond acceptors (Lipinski definition) is 6. The molecule has 2 aromatic rings. The van der Waals surface area contributed by atoms with Gasteiger partial charge in [0.2, 0.25) is 17.7 Å². The molecular formula is C42H58N4O5. The molecule has 4 rings (SSSR count). The number of benzene rings is 1. The third kappa shape index (κ3) is 12.6. The summed E-state index contributed by atoms with van der Waals surface area (Å²) in [6, 6.07) is 10.1. The number of aliphatic hydroxyl groups is 1. The normalized spacial score (nSPS) is 17.1. The van der Waals surface area contributed by atoms with Crippen LogP contribution in [0.25, 0.3) is 0 Å². The van der Waals surface area contributed by atoms with Crippen LogP contribution in [0, 0.1) is 30.1 Å². The van der Waals surface area contributed by atoms with Crippen molar-refractivity contribution in [1.82, 2.24) is 20.5 Å². The van der Waals surface area contributed by atoms with E-state index in [1.165, 1.54) is 6.42 Å². The fourth-order valence-corrected chi connectivity index (χ4v) is 7.34. The van der Waals surface area contributed by atoms with Crippen molar-refractivity contribution in [3.05, 3.63) is 65.0 Å². The molecule has 1 aromatic heterocycles. The Bertz CT molecular complexity index is 1500. The van der Waals surface area contributed by atoms with E-state index in [9.17, 15) is 24.3 Å². The van der Waals surface area contributed by atoms with Crippen molar-refractivity contribution in [2.75, 3.05) is 13.6 Å². The first-order valence-corrected chi connectivity index (χ1v) is 19.0. The van der Waals surface area contributed by atoms with Gasteiger partial charge in [-0.3, -0.25) is 24.2 Å². The van der Waals surface area contributed by atoms with Gasteiger partial charge in [-0.05, 0) is 67.6 Å². The Balaban J connectivity index is 1.42. The molecule has 3 amide bonds. The molecule has 3 N–H and O–H groups in total. The lowest BCUT2D eigenvalue weighted by molar-refractivity contribution is -0.136. The lowest BCUT2D eigenvalue weighted by atomic mass is 9.83. The van der Waals surface area contributed by atoms with Crippen LogP contribution in [0.5, 0.6) is 0 Å². The lowest BCUT2D eigenvalue weighted by Gasteiger charge is -2.32. The van der Waals surface area contributed by atoms with Gasteiger partial charge in [-0.2, -0.15) is 0 Å². The minimum atomic E-state index is -0.998. The second-order valence-electron chi connectivity index (χ2n) is 15.1. The van der Waals surface area contributed by atoms with Crippen molar-refractivity contribution in [2.24, 2.45) is 17.8 Å². The highest BCUT2D eigenvalue weighted by atomic mass is 16.3. The van der Waals surface area contributed by atoms with E-state index in [1.54, 1.807) is 18.1 Å². The largest absolute Gasteiger partial charge is 0.391 e. The van der Waals surface area contributed by atoms with Gasteiger partial charge in [0.1, 0.15) is 6.04 Å². The lowest BCUT2D eigenvalue weighted by Crippen LogP contribution is -2.54. The summed E-state index contributed by atoms with van der Waals surface area (Å²) in [6.45, 7) is 4.64. The van der Waals surface area contributed by atoms with E-state index in [0.29, 0.717) is 56.0 Å². The van der Waals surface area contributed by atoms with Crippen LogP contribution in [0.2, 0.25) is 0 Å². The summed E-state index contributed by atoms with van der Waals surface area (Å²) >= 11 is 0. The third-order valence-corrected chi connectivity index (χ3v) is 10.5. The topological polar surface area (TPSA) is 129 Å². The Morgan fingerprint density at radius 3 is 2.47 bits per heavy atom. The van der Waals surface area contributed by atoms with Crippen LogP contribution in [-0.4, -0.2) is 70.3 Å². The van der Waals surface area contributed by atoms with E-state index in [4.69, 9.17) is 6.42 Å². The molecule has 0 aliphatic heterocycles. The highest BCUT2D eigenvalue weighted by molar-refractivity contribution is 5.98. The summed E-state index contributed by atoms with van der Waals surface area (Å²) in [6.07, 6.45) is 17.5. The fourth-order valence-electron chi connectivity index (χ4n) is 7.34. The minimum absolute atomic E-state index is 0.0128. The molecule has 1 heterocycles. The number of aliphatic hydroxyl groups excluding tert-OH is 1. The van der Waals surface area contributed by atoms with Crippen LogP contribution in [0.1, 0.15) is 118 Å². The molecule has 0 radical (unpaired) electrons. The van der Waals surface area contributed by atoms with Crippen molar-refractivity contribution >= 4 is 23.5 Å². The van der Waals surface area contributed by atoms with E-state index >= 15 is 0 Å². The first-order valence-electron chi connectivity index (χ1n) is 19.0. The van der Waals surface area contributed by atoms with E-state index in [1.807, 2.05) is 36.4 Å². The maximum absolute atomic E-state index is 13.9. The third-order valence-electron chi connectivity index (χ3n) is 10.5. The number of amides is 3. The second kappa shape index (κ2) is 20.1. The number of likely N-dealkylation sites (N-methyl/N-ethyl adjacent to an activating group) is 1. The summed E-state index contributed by atoms with van der Waals surface area (Å²) in [4.78, 5) is 59.5. The Morgan fingerprint density at radius 1 is 1.02 bits per heavy atom. The van der Waals surface area contributed by atoms with E-state index in [2.05, 4.69) is 35.4 Å². The van der Waals surface area contributed by atoms with Crippen molar-refractivity contribution in [2.45, 2.75) is 128 Å². The fraction of sp³-hybridized carbons (Fsp3) is 0.595. The molecule has 51 heavy (non-hydrogen) atoms. The van der Waals surface area contributed by atoms with E-state index in [0.717, 1.165) is 61.8 Å². The summed E-state index contributed by atoms with van der Waals surface area (Å²) in [7, 11) is 1.72. The van der Waals surface area contributed by atoms with Gasteiger partial charge in [-0.25, -0.2) is 0 Å². The Labute approximate surface area is 304 Å². The molecule has 0 saturated heterocycles. The van der Waals surface area contributed by atoms with E-state index < -0.39 is 35.9 Å². The van der Waals surface area contributed by atoms with Gasteiger partial charge in [0.25, 0.3) is 0 Å². The van der Waals surface area contributed by atoms with Crippen molar-refractivity contribution in [1.29, 1.82) is 0 Å². The maximum Gasteiger partial charge on any atom is 0.243 e. The summed E-state index contributed by atoms with van der Waals surface area (Å²) in [5.41, 5.74) is 3.43. The van der Waals surface area contributed by atoms with Gasteiger partial charge >= 0.3 is 0 Å². The van der Waals surface area contributed by atoms with Crippen molar-refractivity contribution in [3.63, 3.8) is 0 Å². The van der Waals surface area contributed by atoms with Crippen LogP contribution in [0.4, 0.5) is 0 Å². The average molecular weight is 699 g/mol. The van der Waals surface area contributed by atoms with Crippen molar-refractivity contribution < 1.29 is 24.3 Å². The second-order valence-corrected chi connectivity index (χ2v) is 15.1. The standard InChI is InChI=1S/C42H58N4O5/c1-5-13-36(42(51)45-37(39(48)21-20-29(2)3)25-31-16-10-7-11-17-31)44-41(50)33(24-30-14-8-6-9-15-30)27-40(49)46(4)23-22-34-26-32-18-12-19-38(47)35(32)28-43-34/h1,6,8-9,14-15,26,28-29,31,33,36-37,39,48H,7,10-13,16-25,27H2,2-4H3,(H,44,50)(H,45,51)/t33?,36-,37?,39-/m0/s1. The molecule has 0 bridgehead atoms.